The third-order valence-corrected chi connectivity index (χ3v) is 5.32. The fourth-order valence-electron chi connectivity index (χ4n) is 3.69. The van der Waals surface area contributed by atoms with E-state index in [1.165, 1.54) is 11.1 Å². The molecule has 4 rings (SSSR count). The number of hydrogen-bond acceptors (Lipinski definition) is 2. The monoisotopic (exact) mass is 377 g/mol. The molecule has 4 heteroatoms. The number of ether oxygens (including phenoxy) is 1. The molecule has 0 unspecified atom stereocenters. The van der Waals surface area contributed by atoms with E-state index in [1.807, 2.05) is 59.5 Å². The van der Waals surface area contributed by atoms with Crippen molar-refractivity contribution in [2.45, 2.75) is 12.5 Å². The van der Waals surface area contributed by atoms with Gasteiger partial charge < -0.3 is 9.64 Å². The maximum Gasteiger partial charge on any atom is 0.254 e. The van der Waals surface area contributed by atoms with Crippen LogP contribution in [0.5, 0.6) is 5.75 Å². The van der Waals surface area contributed by atoms with Gasteiger partial charge in [0.15, 0.2) is 0 Å². The molecule has 27 heavy (non-hydrogen) atoms. The molecule has 0 saturated heterocycles. The molecule has 1 aliphatic rings. The Labute approximate surface area is 164 Å². The van der Waals surface area contributed by atoms with Crippen LogP contribution in [0.1, 0.15) is 33.1 Å². The summed E-state index contributed by atoms with van der Waals surface area (Å²) in [5.74, 6) is 0.761. The molecule has 3 aromatic carbocycles. The van der Waals surface area contributed by atoms with Crippen molar-refractivity contribution in [1.29, 1.82) is 0 Å². The molecule has 0 spiro atoms. The molecule has 0 aromatic heterocycles. The van der Waals surface area contributed by atoms with Crippen LogP contribution in [-0.2, 0) is 6.42 Å². The highest BCUT2D eigenvalue weighted by Gasteiger charge is 2.32. The summed E-state index contributed by atoms with van der Waals surface area (Å²) in [6.07, 6.45) is 0.849. The van der Waals surface area contributed by atoms with Crippen molar-refractivity contribution >= 4 is 17.5 Å². The number of rotatable bonds is 3. The van der Waals surface area contributed by atoms with Gasteiger partial charge in [0.05, 0.1) is 13.2 Å². The van der Waals surface area contributed by atoms with E-state index in [4.69, 9.17) is 16.3 Å². The van der Waals surface area contributed by atoms with Crippen LogP contribution in [0.3, 0.4) is 0 Å². The average Bonchev–Trinajstić information content (AvgIpc) is 2.73. The maximum atomic E-state index is 13.3. The second-order valence-electron chi connectivity index (χ2n) is 6.63. The number of nitrogens with zero attached hydrogens (tertiary/aromatic N) is 1. The zero-order valence-electron chi connectivity index (χ0n) is 15.1. The van der Waals surface area contributed by atoms with Gasteiger partial charge in [-0.3, -0.25) is 4.79 Å². The summed E-state index contributed by atoms with van der Waals surface area (Å²) in [5, 5.41) is 0.691. The standard InChI is InChI=1S/C23H20ClNO2/c1-27-20-12-8-18(9-13-20)23(26)25-15-14-16-4-2-3-5-21(16)22(25)17-6-10-19(24)11-7-17/h2-13,22H,14-15H2,1H3/t22-/m0/s1. The largest absolute Gasteiger partial charge is 0.497 e. The van der Waals surface area contributed by atoms with Crippen LogP contribution >= 0.6 is 11.6 Å². The van der Waals surface area contributed by atoms with Gasteiger partial charge in [0.25, 0.3) is 5.91 Å². The van der Waals surface area contributed by atoms with Gasteiger partial charge in [0.1, 0.15) is 5.75 Å². The molecular formula is C23H20ClNO2. The van der Waals surface area contributed by atoms with Crippen molar-refractivity contribution in [3.63, 3.8) is 0 Å². The molecule has 1 aliphatic heterocycles. The fourth-order valence-corrected chi connectivity index (χ4v) is 3.82. The van der Waals surface area contributed by atoms with Gasteiger partial charge in [-0.15, -0.1) is 0 Å². The van der Waals surface area contributed by atoms with Crippen molar-refractivity contribution < 1.29 is 9.53 Å². The number of halogens is 1. The van der Waals surface area contributed by atoms with Crippen LogP contribution in [0.4, 0.5) is 0 Å². The van der Waals surface area contributed by atoms with Gasteiger partial charge in [-0.1, -0.05) is 48.0 Å². The highest BCUT2D eigenvalue weighted by molar-refractivity contribution is 6.30. The predicted octanol–water partition coefficient (Wildman–Crippen LogP) is 5.14. The Morgan fingerprint density at radius 2 is 1.70 bits per heavy atom. The van der Waals surface area contributed by atoms with E-state index in [9.17, 15) is 4.79 Å². The lowest BCUT2D eigenvalue weighted by molar-refractivity contribution is 0.0694. The lowest BCUT2D eigenvalue weighted by atomic mass is 9.87. The SMILES string of the molecule is COc1ccc(C(=O)N2CCc3ccccc3[C@@H]2c2ccc(Cl)cc2)cc1. The summed E-state index contributed by atoms with van der Waals surface area (Å²) in [5.41, 5.74) is 4.19. The topological polar surface area (TPSA) is 29.5 Å². The molecule has 0 N–H and O–H groups in total. The van der Waals surface area contributed by atoms with Gasteiger partial charge >= 0.3 is 0 Å². The number of amides is 1. The highest BCUT2D eigenvalue weighted by Crippen LogP contribution is 2.36. The van der Waals surface area contributed by atoms with Crippen molar-refractivity contribution in [2.24, 2.45) is 0 Å². The Morgan fingerprint density at radius 3 is 2.41 bits per heavy atom. The molecule has 0 aliphatic carbocycles. The molecule has 3 nitrogen and oxygen atoms in total. The molecule has 3 aromatic rings. The Morgan fingerprint density at radius 1 is 1.00 bits per heavy atom. The Bertz CT molecular complexity index is 951. The number of fused-ring (bicyclic) bond motifs is 1. The first kappa shape index (κ1) is 17.6. The molecule has 1 heterocycles. The molecule has 0 saturated carbocycles. The van der Waals surface area contributed by atoms with Gasteiger partial charge in [-0.2, -0.15) is 0 Å². The van der Waals surface area contributed by atoms with Crippen LogP contribution in [0.15, 0.2) is 72.8 Å². The second-order valence-corrected chi connectivity index (χ2v) is 7.07. The normalized spacial score (nSPS) is 15.9. The van der Waals surface area contributed by atoms with Crippen molar-refractivity contribution in [2.75, 3.05) is 13.7 Å². The third kappa shape index (κ3) is 3.43. The fraction of sp³-hybridized carbons (Fsp3) is 0.174. The average molecular weight is 378 g/mol. The van der Waals surface area contributed by atoms with Crippen molar-refractivity contribution in [1.82, 2.24) is 4.90 Å². The van der Waals surface area contributed by atoms with Gasteiger partial charge in [0.2, 0.25) is 0 Å². The number of carbonyl (C=O) groups excluding carboxylic acids is 1. The third-order valence-electron chi connectivity index (χ3n) is 5.07. The summed E-state index contributed by atoms with van der Waals surface area (Å²) in [6.45, 7) is 0.676. The minimum Gasteiger partial charge on any atom is -0.497 e. The summed E-state index contributed by atoms with van der Waals surface area (Å²) >= 11 is 6.08. The number of hydrogen-bond donors (Lipinski definition) is 0. The number of carbonyl (C=O) groups is 1. The molecule has 1 amide bonds. The van der Waals surface area contributed by atoms with E-state index < -0.39 is 0 Å². The summed E-state index contributed by atoms with van der Waals surface area (Å²) in [4.78, 5) is 15.3. The molecular weight excluding hydrogens is 358 g/mol. The van der Waals surface area contributed by atoms with Gasteiger partial charge in [-0.25, -0.2) is 0 Å². The zero-order valence-corrected chi connectivity index (χ0v) is 15.8. The Hall–Kier alpha value is -2.78. The van der Waals surface area contributed by atoms with E-state index in [0.29, 0.717) is 17.1 Å². The van der Waals surface area contributed by atoms with Crippen LogP contribution < -0.4 is 4.74 Å². The Kier molecular flexibility index (Phi) is 4.87. The predicted molar refractivity (Wildman–Crippen MR) is 107 cm³/mol. The van der Waals surface area contributed by atoms with E-state index >= 15 is 0 Å². The molecule has 0 fully saturated rings. The van der Waals surface area contributed by atoms with Crippen LogP contribution in [-0.4, -0.2) is 24.5 Å². The highest BCUT2D eigenvalue weighted by atomic mass is 35.5. The zero-order chi connectivity index (χ0) is 18.8. The van der Waals surface area contributed by atoms with Crippen LogP contribution in [0.2, 0.25) is 5.02 Å². The summed E-state index contributed by atoms with van der Waals surface area (Å²) in [7, 11) is 1.62. The quantitative estimate of drug-likeness (QED) is 0.632. The van der Waals surface area contributed by atoms with E-state index in [-0.39, 0.29) is 11.9 Å². The minimum absolute atomic E-state index is 0.0205. The van der Waals surface area contributed by atoms with Crippen LogP contribution in [0, 0.1) is 0 Å². The second kappa shape index (κ2) is 7.45. The van der Waals surface area contributed by atoms with Gasteiger partial charge in [-0.05, 0) is 59.5 Å². The maximum absolute atomic E-state index is 13.3. The van der Waals surface area contributed by atoms with E-state index in [1.54, 1.807) is 7.11 Å². The van der Waals surface area contributed by atoms with Crippen molar-refractivity contribution in [3.05, 3.63) is 100 Å². The Balaban J connectivity index is 1.75. The first-order valence-corrected chi connectivity index (χ1v) is 9.33. The minimum atomic E-state index is -0.123. The smallest absolute Gasteiger partial charge is 0.254 e. The molecule has 0 radical (unpaired) electrons. The van der Waals surface area contributed by atoms with E-state index in [2.05, 4.69) is 18.2 Å². The summed E-state index contributed by atoms with van der Waals surface area (Å²) in [6, 6.07) is 23.3. The van der Waals surface area contributed by atoms with Gasteiger partial charge in [0, 0.05) is 17.1 Å². The molecule has 1 atom stereocenters. The lowest BCUT2D eigenvalue weighted by Crippen LogP contribution is -2.40. The molecule has 0 bridgehead atoms. The first-order valence-electron chi connectivity index (χ1n) is 8.95. The summed E-state index contributed by atoms with van der Waals surface area (Å²) < 4.78 is 5.21. The van der Waals surface area contributed by atoms with Crippen molar-refractivity contribution in [3.8, 4) is 5.75 Å². The first-order chi connectivity index (χ1) is 13.2. The lowest BCUT2D eigenvalue weighted by Gasteiger charge is -2.38. The number of methoxy groups -OCH3 is 1. The van der Waals surface area contributed by atoms with Crippen LogP contribution in [0.25, 0.3) is 0 Å². The van der Waals surface area contributed by atoms with E-state index in [0.717, 1.165) is 17.7 Å². The number of benzene rings is 3. The molecule has 136 valence electrons.